The van der Waals surface area contributed by atoms with Gasteiger partial charge in [-0.2, -0.15) is 0 Å². The van der Waals surface area contributed by atoms with Crippen LogP contribution in [0, 0.1) is 0 Å². The number of ether oxygens (including phenoxy) is 1. The lowest BCUT2D eigenvalue weighted by atomic mass is 10.1. The summed E-state index contributed by atoms with van der Waals surface area (Å²) in [5.41, 5.74) is 1.14. The fraction of sp³-hybridized carbons (Fsp3) is 0.235. The van der Waals surface area contributed by atoms with Crippen molar-refractivity contribution in [3.63, 3.8) is 0 Å². The number of imidazole rings is 1. The number of nitrogens with one attached hydrogen (secondary N) is 1. The summed E-state index contributed by atoms with van der Waals surface area (Å²) >= 11 is 1.75. The van der Waals surface area contributed by atoms with Crippen LogP contribution in [0.2, 0.25) is 0 Å². The van der Waals surface area contributed by atoms with Gasteiger partial charge in [-0.25, -0.2) is 4.98 Å². The standard InChI is InChI=1S/C17H19N3OS/c1-20-9-8-18-17(20)16(19-12-15-7-4-10-22-15)13-5-3-6-14(11-13)21-2/h3-11,16,19H,12H2,1-2H3. The van der Waals surface area contributed by atoms with Crippen LogP contribution in [0.5, 0.6) is 5.75 Å². The molecule has 3 aromatic rings. The highest BCUT2D eigenvalue weighted by Gasteiger charge is 2.18. The smallest absolute Gasteiger partial charge is 0.130 e. The van der Waals surface area contributed by atoms with Crippen LogP contribution in [-0.2, 0) is 13.6 Å². The average molecular weight is 313 g/mol. The number of nitrogens with zero attached hydrogens (tertiary/aromatic N) is 2. The van der Waals surface area contributed by atoms with Crippen molar-refractivity contribution < 1.29 is 4.74 Å². The number of aryl methyl sites for hydroxylation is 1. The van der Waals surface area contributed by atoms with Crippen molar-refractivity contribution in [1.29, 1.82) is 0 Å². The Morgan fingerprint density at radius 3 is 2.91 bits per heavy atom. The molecule has 1 unspecified atom stereocenters. The maximum Gasteiger partial charge on any atom is 0.130 e. The van der Waals surface area contributed by atoms with Crippen molar-refractivity contribution >= 4 is 11.3 Å². The lowest BCUT2D eigenvalue weighted by Gasteiger charge is -2.19. The summed E-state index contributed by atoms with van der Waals surface area (Å²) in [6, 6.07) is 12.4. The Bertz CT molecular complexity index is 721. The summed E-state index contributed by atoms with van der Waals surface area (Å²) < 4.78 is 7.40. The molecule has 0 amide bonds. The van der Waals surface area contributed by atoms with E-state index in [9.17, 15) is 0 Å². The van der Waals surface area contributed by atoms with Crippen LogP contribution in [0.15, 0.2) is 54.2 Å². The highest BCUT2D eigenvalue weighted by atomic mass is 32.1. The zero-order valence-corrected chi connectivity index (χ0v) is 13.5. The minimum Gasteiger partial charge on any atom is -0.497 e. The van der Waals surface area contributed by atoms with Crippen molar-refractivity contribution in [2.75, 3.05) is 7.11 Å². The maximum absolute atomic E-state index is 5.35. The van der Waals surface area contributed by atoms with Crippen LogP contribution in [0.3, 0.4) is 0 Å². The molecule has 114 valence electrons. The molecule has 2 aromatic heterocycles. The molecule has 1 N–H and O–H groups in total. The maximum atomic E-state index is 5.35. The Morgan fingerprint density at radius 2 is 2.23 bits per heavy atom. The molecule has 0 saturated carbocycles. The van der Waals surface area contributed by atoms with Gasteiger partial charge in [-0.1, -0.05) is 18.2 Å². The van der Waals surface area contributed by atoms with Gasteiger partial charge in [0.05, 0.1) is 13.2 Å². The molecular weight excluding hydrogens is 294 g/mol. The van der Waals surface area contributed by atoms with Gasteiger partial charge in [-0.15, -0.1) is 11.3 Å². The highest BCUT2D eigenvalue weighted by molar-refractivity contribution is 7.09. The minimum absolute atomic E-state index is 0.0252. The predicted octanol–water partition coefficient (Wildman–Crippen LogP) is 3.37. The lowest BCUT2D eigenvalue weighted by Crippen LogP contribution is -2.24. The average Bonchev–Trinajstić information content (AvgIpc) is 3.20. The number of hydrogen-bond acceptors (Lipinski definition) is 4. The molecule has 4 nitrogen and oxygen atoms in total. The van der Waals surface area contributed by atoms with Crippen LogP contribution in [-0.4, -0.2) is 16.7 Å². The first kappa shape index (κ1) is 14.8. The van der Waals surface area contributed by atoms with Gasteiger partial charge in [0.15, 0.2) is 0 Å². The zero-order valence-electron chi connectivity index (χ0n) is 12.7. The fourth-order valence-electron chi connectivity index (χ4n) is 2.45. The Hall–Kier alpha value is -2.11. The molecule has 0 aliphatic rings. The van der Waals surface area contributed by atoms with E-state index in [0.29, 0.717) is 0 Å². The molecule has 5 heteroatoms. The molecule has 0 saturated heterocycles. The van der Waals surface area contributed by atoms with E-state index in [2.05, 4.69) is 39.9 Å². The third kappa shape index (κ3) is 3.21. The summed E-state index contributed by atoms with van der Waals surface area (Å²) in [6.07, 6.45) is 3.80. The fourth-order valence-corrected chi connectivity index (χ4v) is 3.11. The largest absolute Gasteiger partial charge is 0.497 e. The van der Waals surface area contributed by atoms with Gasteiger partial charge in [-0.3, -0.25) is 5.32 Å². The molecule has 3 rings (SSSR count). The van der Waals surface area contributed by atoms with Crippen LogP contribution in [0.1, 0.15) is 22.3 Å². The summed E-state index contributed by atoms with van der Waals surface area (Å²) in [5, 5.41) is 5.70. The quantitative estimate of drug-likeness (QED) is 0.758. The molecule has 0 aliphatic heterocycles. The summed E-state index contributed by atoms with van der Waals surface area (Å²) in [5.74, 6) is 1.85. The summed E-state index contributed by atoms with van der Waals surface area (Å²) in [7, 11) is 3.70. The van der Waals surface area contributed by atoms with Crippen molar-refractivity contribution in [1.82, 2.24) is 14.9 Å². The second kappa shape index (κ2) is 6.77. The number of thiophene rings is 1. The Balaban J connectivity index is 1.90. The van der Waals surface area contributed by atoms with Crippen LogP contribution >= 0.6 is 11.3 Å². The molecule has 2 heterocycles. The van der Waals surface area contributed by atoms with Gasteiger partial charge in [0.1, 0.15) is 11.6 Å². The lowest BCUT2D eigenvalue weighted by molar-refractivity contribution is 0.413. The molecule has 0 spiro atoms. The number of methoxy groups -OCH3 is 1. The van der Waals surface area contributed by atoms with Gasteiger partial charge in [0, 0.05) is 30.9 Å². The van der Waals surface area contributed by atoms with E-state index in [1.807, 2.05) is 36.1 Å². The molecule has 0 aliphatic carbocycles. The second-order valence-corrected chi connectivity index (χ2v) is 6.10. The summed E-state index contributed by atoms with van der Waals surface area (Å²) in [4.78, 5) is 5.82. The number of benzene rings is 1. The van der Waals surface area contributed by atoms with E-state index in [1.165, 1.54) is 4.88 Å². The van der Waals surface area contributed by atoms with E-state index >= 15 is 0 Å². The number of hydrogen-bond donors (Lipinski definition) is 1. The highest BCUT2D eigenvalue weighted by Crippen LogP contribution is 2.25. The minimum atomic E-state index is 0.0252. The molecule has 22 heavy (non-hydrogen) atoms. The Morgan fingerprint density at radius 1 is 1.32 bits per heavy atom. The molecule has 1 atom stereocenters. The van der Waals surface area contributed by atoms with E-state index in [1.54, 1.807) is 18.4 Å². The normalized spacial score (nSPS) is 12.3. The SMILES string of the molecule is COc1cccc(C(NCc2cccs2)c2nccn2C)c1. The molecule has 0 fully saturated rings. The first-order valence-electron chi connectivity index (χ1n) is 7.15. The zero-order chi connectivity index (χ0) is 15.4. The van der Waals surface area contributed by atoms with Crippen molar-refractivity contribution in [2.45, 2.75) is 12.6 Å². The van der Waals surface area contributed by atoms with Crippen molar-refractivity contribution in [2.24, 2.45) is 7.05 Å². The van der Waals surface area contributed by atoms with Gasteiger partial charge in [0.2, 0.25) is 0 Å². The summed E-state index contributed by atoms with van der Waals surface area (Å²) in [6.45, 7) is 0.812. The predicted molar refractivity (Wildman–Crippen MR) is 89.2 cm³/mol. The Kier molecular flexibility index (Phi) is 4.56. The first-order valence-corrected chi connectivity index (χ1v) is 8.03. The van der Waals surface area contributed by atoms with Crippen LogP contribution in [0.25, 0.3) is 0 Å². The van der Waals surface area contributed by atoms with E-state index < -0.39 is 0 Å². The van der Waals surface area contributed by atoms with Gasteiger partial charge in [-0.05, 0) is 29.1 Å². The third-order valence-corrected chi connectivity index (χ3v) is 4.48. The van der Waals surface area contributed by atoms with Gasteiger partial charge >= 0.3 is 0 Å². The van der Waals surface area contributed by atoms with E-state index in [-0.39, 0.29) is 6.04 Å². The topological polar surface area (TPSA) is 39.1 Å². The first-order chi connectivity index (χ1) is 10.8. The van der Waals surface area contributed by atoms with Crippen molar-refractivity contribution in [3.05, 3.63) is 70.4 Å². The third-order valence-electron chi connectivity index (χ3n) is 3.60. The molecule has 0 bridgehead atoms. The number of rotatable bonds is 6. The number of aromatic nitrogens is 2. The molecular formula is C17H19N3OS. The van der Waals surface area contributed by atoms with Gasteiger partial charge < -0.3 is 9.30 Å². The second-order valence-electron chi connectivity index (χ2n) is 5.07. The Labute approximate surface area is 134 Å². The van der Waals surface area contributed by atoms with Crippen LogP contribution in [0.4, 0.5) is 0 Å². The molecule has 0 radical (unpaired) electrons. The van der Waals surface area contributed by atoms with Crippen molar-refractivity contribution in [3.8, 4) is 5.75 Å². The monoisotopic (exact) mass is 313 g/mol. The van der Waals surface area contributed by atoms with Gasteiger partial charge in [0.25, 0.3) is 0 Å². The molecule has 1 aromatic carbocycles. The van der Waals surface area contributed by atoms with Crippen LogP contribution < -0.4 is 10.1 Å². The van der Waals surface area contributed by atoms with E-state index in [0.717, 1.165) is 23.7 Å². The van der Waals surface area contributed by atoms with E-state index in [4.69, 9.17) is 4.74 Å².